The fourth-order valence-corrected chi connectivity index (χ4v) is 4.30. The van der Waals surface area contributed by atoms with E-state index in [2.05, 4.69) is 6.92 Å². The third-order valence-electron chi connectivity index (χ3n) is 6.97. The minimum Gasteiger partial charge on any atom is -0.379 e. The van der Waals surface area contributed by atoms with Crippen LogP contribution in [0.25, 0.3) is 0 Å². The summed E-state index contributed by atoms with van der Waals surface area (Å²) in [5, 5.41) is 0. The normalized spacial score (nSPS) is 11.5. The Morgan fingerprint density at radius 1 is 0.292 bits per heavy atom. The lowest BCUT2D eigenvalue weighted by Crippen LogP contribution is -2.15. The molecule has 0 saturated heterocycles. The van der Waals surface area contributed by atoms with Gasteiger partial charge in [0, 0.05) is 6.61 Å². The van der Waals surface area contributed by atoms with Crippen molar-refractivity contribution in [1.29, 1.82) is 0 Å². The Balaban J connectivity index is 1.60. The Morgan fingerprint density at radius 3 is 0.896 bits per heavy atom. The molecule has 282 valence electrons. The van der Waals surface area contributed by atoms with Crippen LogP contribution in [0.15, 0.2) is 30.3 Å². The molecule has 0 N–H and O–H groups in total. The summed E-state index contributed by atoms with van der Waals surface area (Å²) in [6, 6.07) is 10.1. The predicted molar refractivity (Wildman–Crippen MR) is 187 cm³/mol. The summed E-state index contributed by atoms with van der Waals surface area (Å²) in [6.45, 7) is 14.6. The molecule has 0 aliphatic carbocycles. The first kappa shape index (κ1) is 44.8. The number of unbranched alkanes of at least 4 members (excludes halogenated alkanes) is 7. The number of ether oxygens (including phenoxy) is 11. The molecule has 11 nitrogen and oxygen atoms in total. The maximum Gasteiger partial charge on any atom is 0.0718 e. The Kier molecular flexibility index (Phi) is 37.5. The van der Waals surface area contributed by atoms with E-state index in [4.69, 9.17) is 52.1 Å². The second kappa shape index (κ2) is 40.2. The molecule has 0 aromatic heterocycles. The standard InChI is InChI=1S/C37H68O11/c1-2-3-4-5-6-7-8-12-15-38-16-17-39-18-19-40-20-21-41-22-23-42-24-25-43-26-27-44-28-29-45-30-31-46-32-33-47-34-35-48-36-37-13-10-9-11-14-37/h9-11,13-14H,2-8,12,15-36H2,1H3. The van der Waals surface area contributed by atoms with Gasteiger partial charge in [0.1, 0.15) is 0 Å². The molecule has 0 bridgehead atoms. The number of benzene rings is 1. The minimum atomic E-state index is 0.521. The van der Waals surface area contributed by atoms with E-state index in [9.17, 15) is 0 Å². The smallest absolute Gasteiger partial charge is 0.0718 e. The molecule has 0 saturated carbocycles. The van der Waals surface area contributed by atoms with Crippen LogP contribution in [0.1, 0.15) is 63.9 Å². The van der Waals surface area contributed by atoms with Gasteiger partial charge in [-0.2, -0.15) is 0 Å². The monoisotopic (exact) mass is 688 g/mol. The van der Waals surface area contributed by atoms with Crippen molar-refractivity contribution in [3.05, 3.63) is 35.9 Å². The van der Waals surface area contributed by atoms with Gasteiger partial charge in [0.05, 0.1) is 139 Å². The lowest BCUT2D eigenvalue weighted by atomic mass is 10.1. The molecule has 0 atom stereocenters. The Hall–Kier alpha value is -1.22. The zero-order valence-electron chi connectivity index (χ0n) is 30.1. The molecular formula is C37H68O11. The maximum absolute atomic E-state index is 5.63. The molecule has 0 unspecified atom stereocenters. The third-order valence-corrected chi connectivity index (χ3v) is 6.97. The summed E-state index contributed by atoms with van der Waals surface area (Å²) in [5.41, 5.74) is 1.16. The number of hydrogen-bond donors (Lipinski definition) is 0. The zero-order chi connectivity index (χ0) is 34.1. The van der Waals surface area contributed by atoms with Gasteiger partial charge in [0.2, 0.25) is 0 Å². The molecule has 1 rings (SSSR count). The van der Waals surface area contributed by atoms with Crippen LogP contribution in [-0.4, -0.2) is 139 Å². The van der Waals surface area contributed by atoms with Gasteiger partial charge in [-0.3, -0.25) is 0 Å². The van der Waals surface area contributed by atoms with E-state index in [0.29, 0.717) is 139 Å². The van der Waals surface area contributed by atoms with Gasteiger partial charge in [0.25, 0.3) is 0 Å². The Morgan fingerprint density at radius 2 is 0.562 bits per heavy atom. The topological polar surface area (TPSA) is 102 Å². The highest BCUT2D eigenvalue weighted by molar-refractivity contribution is 5.13. The van der Waals surface area contributed by atoms with Crippen molar-refractivity contribution >= 4 is 0 Å². The highest BCUT2D eigenvalue weighted by Crippen LogP contribution is 2.08. The average Bonchev–Trinajstić information content (AvgIpc) is 3.11. The van der Waals surface area contributed by atoms with Crippen LogP contribution >= 0.6 is 0 Å². The van der Waals surface area contributed by atoms with Crippen molar-refractivity contribution in [1.82, 2.24) is 0 Å². The molecular weight excluding hydrogens is 620 g/mol. The SMILES string of the molecule is CCCCCCCCCCOCCOCCOCCOCCOCCOCCOCCOCCOCCOCCOCc1ccccc1. The summed E-state index contributed by atoms with van der Waals surface area (Å²) < 4.78 is 60.7. The summed E-state index contributed by atoms with van der Waals surface area (Å²) in [5.74, 6) is 0. The molecule has 0 fully saturated rings. The summed E-state index contributed by atoms with van der Waals surface area (Å²) in [7, 11) is 0. The van der Waals surface area contributed by atoms with Crippen LogP contribution in [0.3, 0.4) is 0 Å². The van der Waals surface area contributed by atoms with E-state index >= 15 is 0 Å². The average molecular weight is 689 g/mol. The van der Waals surface area contributed by atoms with Crippen LogP contribution in [0.4, 0.5) is 0 Å². The number of hydrogen-bond acceptors (Lipinski definition) is 11. The van der Waals surface area contributed by atoms with E-state index in [1.807, 2.05) is 30.3 Å². The molecule has 11 heteroatoms. The first-order chi connectivity index (χ1) is 23.9. The maximum atomic E-state index is 5.63. The fraction of sp³-hybridized carbons (Fsp3) is 0.838. The van der Waals surface area contributed by atoms with Crippen LogP contribution in [0.5, 0.6) is 0 Å². The Labute approximate surface area is 291 Å². The largest absolute Gasteiger partial charge is 0.379 e. The lowest BCUT2D eigenvalue weighted by Gasteiger charge is -2.09. The lowest BCUT2D eigenvalue weighted by molar-refractivity contribution is -0.0277. The quantitative estimate of drug-likeness (QED) is 0.0815. The van der Waals surface area contributed by atoms with Gasteiger partial charge >= 0.3 is 0 Å². The molecule has 1 aromatic rings. The highest BCUT2D eigenvalue weighted by Gasteiger charge is 1.97. The van der Waals surface area contributed by atoms with Gasteiger partial charge in [0.15, 0.2) is 0 Å². The molecule has 0 radical (unpaired) electrons. The van der Waals surface area contributed by atoms with Crippen LogP contribution < -0.4 is 0 Å². The van der Waals surface area contributed by atoms with Gasteiger partial charge in [-0.15, -0.1) is 0 Å². The second-order valence-electron chi connectivity index (χ2n) is 11.1. The van der Waals surface area contributed by atoms with E-state index in [1.165, 1.54) is 44.9 Å². The van der Waals surface area contributed by atoms with Gasteiger partial charge < -0.3 is 52.1 Å². The summed E-state index contributed by atoms with van der Waals surface area (Å²) in [6.07, 6.45) is 10.5. The fourth-order valence-electron chi connectivity index (χ4n) is 4.30. The molecule has 0 aliphatic heterocycles. The van der Waals surface area contributed by atoms with Gasteiger partial charge in [-0.1, -0.05) is 82.2 Å². The second-order valence-corrected chi connectivity index (χ2v) is 11.1. The summed E-state index contributed by atoms with van der Waals surface area (Å²) in [4.78, 5) is 0. The number of rotatable bonds is 41. The van der Waals surface area contributed by atoms with Crippen LogP contribution in [-0.2, 0) is 58.7 Å². The van der Waals surface area contributed by atoms with Gasteiger partial charge in [-0.25, -0.2) is 0 Å². The van der Waals surface area contributed by atoms with Crippen molar-refractivity contribution in [3.8, 4) is 0 Å². The Bertz CT molecular complexity index is 714. The summed E-state index contributed by atoms with van der Waals surface area (Å²) >= 11 is 0. The van der Waals surface area contributed by atoms with Crippen molar-refractivity contribution in [3.63, 3.8) is 0 Å². The predicted octanol–water partition coefficient (Wildman–Crippen LogP) is 5.51. The first-order valence-electron chi connectivity index (χ1n) is 18.3. The highest BCUT2D eigenvalue weighted by atomic mass is 16.6. The first-order valence-corrected chi connectivity index (χ1v) is 18.3. The minimum absolute atomic E-state index is 0.521. The van der Waals surface area contributed by atoms with Crippen molar-refractivity contribution in [2.45, 2.75) is 64.9 Å². The van der Waals surface area contributed by atoms with Crippen molar-refractivity contribution < 1.29 is 52.1 Å². The van der Waals surface area contributed by atoms with E-state index in [1.54, 1.807) is 0 Å². The van der Waals surface area contributed by atoms with Crippen LogP contribution in [0, 0.1) is 0 Å². The van der Waals surface area contributed by atoms with E-state index < -0.39 is 0 Å². The van der Waals surface area contributed by atoms with Gasteiger partial charge in [-0.05, 0) is 12.0 Å². The van der Waals surface area contributed by atoms with Crippen molar-refractivity contribution in [2.75, 3.05) is 139 Å². The zero-order valence-corrected chi connectivity index (χ0v) is 30.1. The molecule has 0 aliphatic rings. The third kappa shape index (κ3) is 36.1. The molecule has 0 amide bonds. The molecule has 1 aromatic carbocycles. The van der Waals surface area contributed by atoms with Crippen LogP contribution in [0.2, 0.25) is 0 Å². The van der Waals surface area contributed by atoms with Crippen molar-refractivity contribution in [2.24, 2.45) is 0 Å². The van der Waals surface area contributed by atoms with E-state index in [0.717, 1.165) is 18.6 Å². The molecule has 0 spiro atoms. The molecule has 48 heavy (non-hydrogen) atoms. The molecule has 0 heterocycles. The van der Waals surface area contributed by atoms with E-state index in [-0.39, 0.29) is 0 Å².